The predicted molar refractivity (Wildman–Crippen MR) is 136 cm³/mol. The van der Waals surface area contributed by atoms with E-state index >= 15 is 0 Å². The molecule has 0 spiro atoms. The average Bonchev–Trinajstić information content (AvgIpc) is 3.27. The van der Waals surface area contributed by atoms with E-state index < -0.39 is 17.6 Å². The zero-order valence-corrected chi connectivity index (χ0v) is 21.5. The number of aliphatic hydroxyl groups excluding tert-OH is 2. The molecule has 0 saturated heterocycles. The number of hydrogen-bond acceptors (Lipinski definition) is 8. The van der Waals surface area contributed by atoms with Gasteiger partial charge in [-0.05, 0) is 42.2 Å². The molecule has 0 aliphatic heterocycles. The van der Waals surface area contributed by atoms with Crippen LogP contribution in [0.25, 0.3) is 0 Å². The normalized spacial score (nSPS) is 28.9. The Kier molecular flexibility index (Phi) is 7.77. The highest BCUT2D eigenvalue weighted by molar-refractivity contribution is 7.15. The van der Waals surface area contributed by atoms with Gasteiger partial charge < -0.3 is 20.3 Å². The van der Waals surface area contributed by atoms with E-state index in [4.69, 9.17) is 9.72 Å². The van der Waals surface area contributed by atoms with Crippen molar-refractivity contribution in [2.75, 3.05) is 18.5 Å². The van der Waals surface area contributed by atoms with Crippen LogP contribution in [0.5, 0.6) is 0 Å². The second kappa shape index (κ2) is 10.7. The van der Waals surface area contributed by atoms with Gasteiger partial charge in [-0.3, -0.25) is 15.1 Å². The minimum Gasteiger partial charge on any atom is -0.445 e. The molecule has 4 N–H and O–H groups in total. The Hall–Kier alpha value is -2.82. The SMILES string of the molecule is C=CCOC(=O)Nc1nc2c(s1)C[C@@H]1[C@](C)(CO)[C@H](O)CC[C@@]1(C)[C@@H]2CC(=O)NCc1cccnc1. The van der Waals surface area contributed by atoms with Crippen LogP contribution in [0.2, 0.25) is 0 Å². The second-order valence-corrected chi connectivity index (χ2v) is 11.3. The molecule has 0 bridgehead atoms. The quantitative estimate of drug-likeness (QED) is 0.397. The molecule has 2 aliphatic rings. The summed E-state index contributed by atoms with van der Waals surface area (Å²) in [5.74, 6) is -0.417. The summed E-state index contributed by atoms with van der Waals surface area (Å²) >= 11 is 1.35. The van der Waals surface area contributed by atoms with Crippen LogP contribution in [-0.4, -0.2) is 51.5 Å². The lowest BCUT2D eigenvalue weighted by Gasteiger charge is -2.58. The van der Waals surface area contributed by atoms with Gasteiger partial charge in [0.2, 0.25) is 5.91 Å². The van der Waals surface area contributed by atoms with Gasteiger partial charge in [0.25, 0.3) is 0 Å². The lowest BCUT2D eigenvalue weighted by atomic mass is 9.47. The molecule has 0 unspecified atom stereocenters. The fourth-order valence-electron chi connectivity index (χ4n) is 5.92. The molecule has 2 amide bonds. The maximum absolute atomic E-state index is 13.2. The van der Waals surface area contributed by atoms with E-state index in [1.807, 2.05) is 19.1 Å². The van der Waals surface area contributed by atoms with Crippen LogP contribution in [-0.2, 0) is 22.5 Å². The largest absolute Gasteiger partial charge is 0.445 e. The Balaban J connectivity index is 1.63. The third-order valence-electron chi connectivity index (χ3n) is 8.04. The molecule has 4 rings (SSSR count). The van der Waals surface area contributed by atoms with Crippen molar-refractivity contribution in [1.29, 1.82) is 0 Å². The van der Waals surface area contributed by atoms with Crippen molar-refractivity contribution in [2.24, 2.45) is 16.7 Å². The maximum atomic E-state index is 13.2. The topological polar surface area (TPSA) is 134 Å². The van der Waals surface area contributed by atoms with Gasteiger partial charge in [0.05, 0.1) is 18.4 Å². The van der Waals surface area contributed by atoms with E-state index in [1.165, 1.54) is 17.4 Å². The molecular weight excluding hydrogens is 480 g/mol. The smallest absolute Gasteiger partial charge is 0.413 e. The monoisotopic (exact) mass is 514 g/mol. The van der Waals surface area contributed by atoms with E-state index in [1.54, 1.807) is 12.4 Å². The molecule has 194 valence electrons. The molecule has 2 aromatic heterocycles. The van der Waals surface area contributed by atoms with E-state index in [-0.39, 0.29) is 42.8 Å². The Labute approximate surface area is 215 Å². The number of nitrogens with zero attached hydrogens (tertiary/aromatic N) is 2. The highest BCUT2D eigenvalue weighted by Crippen LogP contribution is 2.62. The first kappa shape index (κ1) is 26.2. The lowest BCUT2D eigenvalue weighted by molar-refractivity contribution is -0.144. The predicted octanol–water partition coefficient (Wildman–Crippen LogP) is 3.39. The number of nitrogens with one attached hydrogen (secondary N) is 2. The zero-order chi connectivity index (χ0) is 25.9. The Morgan fingerprint density at radius 3 is 2.89 bits per heavy atom. The number of carbonyl (C=O) groups is 2. The van der Waals surface area contributed by atoms with E-state index in [0.717, 1.165) is 16.1 Å². The van der Waals surface area contributed by atoms with Crippen LogP contribution in [0.1, 0.15) is 55.2 Å². The number of aliphatic hydroxyl groups is 2. The third-order valence-corrected chi connectivity index (χ3v) is 9.05. The standard InChI is InChI=1S/C26H34N4O5S/c1-4-10-35-24(34)30-23-29-22-17(11-21(33)28-14-16-6-5-9-27-13-16)25(2)8-7-20(32)26(3,15-31)19(25)12-18(22)36-23/h4-6,9,13,17,19-20,31-32H,1,7-8,10-12,14-15H2,2-3H3,(H,28,33)(H,29,30,34)/t17-,19+,20-,25+,26+/m1/s1. The lowest BCUT2D eigenvalue weighted by Crippen LogP contribution is -2.57. The highest BCUT2D eigenvalue weighted by Gasteiger charge is 2.59. The van der Waals surface area contributed by atoms with Gasteiger partial charge in [-0.1, -0.05) is 32.6 Å². The van der Waals surface area contributed by atoms with Gasteiger partial charge in [-0.25, -0.2) is 9.78 Å². The highest BCUT2D eigenvalue weighted by atomic mass is 32.1. The molecule has 1 fully saturated rings. The molecule has 0 radical (unpaired) electrons. The first-order valence-electron chi connectivity index (χ1n) is 12.2. The van der Waals surface area contributed by atoms with Gasteiger partial charge in [-0.2, -0.15) is 0 Å². The van der Waals surface area contributed by atoms with Gasteiger partial charge in [0.15, 0.2) is 5.13 Å². The van der Waals surface area contributed by atoms with Crippen LogP contribution in [0.3, 0.4) is 0 Å². The van der Waals surface area contributed by atoms with Gasteiger partial charge >= 0.3 is 6.09 Å². The summed E-state index contributed by atoms with van der Waals surface area (Å²) in [5.41, 5.74) is 0.622. The van der Waals surface area contributed by atoms with E-state index in [0.29, 0.717) is 30.9 Å². The number of thiazole rings is 1. The summed E-state index contributed by atoms with van der Waals surface area (Å²) < 4.78 is 5.03. The summed E-state index contributed by atoms with van der Waals surface area (Å²) in [6.45, 7) is 7.92. The number of fused-ring (bicyclic) bond motifs is 2. The Morgan fingerprint density at radius 1 is 1.39 bits per heavy atom. The number of hydrogen-bond donors (Lipinski definition) is 4. The summed E-state index contributed by atoms with van der Waals surface area (Å²) in [4.78, 5) is 35.1. The first-order valence-corrected chi connectivity index (χ1v) is 13.0. The first-order chi connectivity index (χ1) is 17.2. The molecule has 10 heteroatoms. The minimum absolute atomic E-state index is 0.0663. The van der Waals surface area contributed by atoms with Crippen molar-refractivity contribution in [3.63, 3.8) is 0 Å². The molecule has 2 heterocycles. The summed E-state index contributed by atoms with van der Waals surface area (Å²) in [6, 6.07) is 3.73. The van der Waals surface area contributed by atoms with Crippen LogP contribution in [0, 0.1) is 16.7 Å². The van der Waals surface area contributed by atoms with Gasteiger partial charge in [0.1, 0.15) is 6.61 Å². The van der Waals surface area contributed by atoms with Crippen molar-refractivity contribution in [3.8, 4) is 0 Å². The van der Waals surface area contributed by atoms with Crippen molar-refractivity contribution in [2.45, 2.75) is 58.1 Å². The third kappa shape index (κ3) is 5.02. The number of pyridine rings is 1. The minimum atomic E-state index is -0.713. The molecule has 0 aromatic carbocycles. The number of carbonyl (C=O) groups excluding carboxylic acids is 2. The van der Waals surface area contributed by atoms with Crippen molar-refractivity contribution in [1.82, 2.24) is 15.3 Å². The van der Waals surface area contributed by atoms with Crippen LogP contribution in [0.4, 0.5) is 9.93 Å². The van der Waals surface area contributed by atoms with Gasteiger partial charge in [0, 0.05) is 41.6 Å². The van der Waals surface area contributed by atoms with Crippen LogP contribution >= 0.6 is 11.3 Å². The van der Waals surface area contributed by atoms with E-state index in [2.05, 4.69) is 29.1 Å². The van der Waals surface area contributed by atoms with Crippen LogP contribution in [0.15, 0.2) is 37.2 Å². The maximum Gasteiger partial charge on any atom is 0.413 e. The molecule has 36 heavy (non-hydrogen) atoms. The van der Waals surface area contributed by atoms with Crippen molar-refractivity contribution in [3.05, 3.63) is 53.3 Å². The molecule has 9 nitrogen and oxygen atoms in total. The number of rotatable bonds is 8. The molecule has 2 aromatic rings. The molecule has 5 atom stereocenters. The van der Waals surface area contributed by atoms with Gasteiger partial charge in [-0.15, -0.1) is 11.3 Å². The molecule has 2 aliphatic carbocycles. The fourth-order valence-corrected chi connectivity index (χ4v) is 6.97. The van der Waals surface area contributed by atoms with Crippen molar-refractivity contribution < 1.29 is 24.5 Å². The Bertz CT molecular complexity index is 1110. The van der Waals surface area contributed by atoms with Crippen molar-refractivity contribution >= 4 is 28.5 Å². The second-order valence-electron chi connectivity index (χ2n) is 10.2. The number of anilines is 1. The zero-order valence-electron chi connectivity index (χ0n) is 20.7. The average molecular weight is 515 g/mol. The molecular formula is C26H34N4O5S. The number of ether oxygens (including phenoxy) is 1. The summed E-state index contributed by atoms with van der Waals surface area (Å²) in [7, 11) is 0. The van der Waals surface area contributed by atoms with E-state index in [9.17, 15) is 19.8 Å². The number of aromatic nitrogens is 2. The fraction of sp³-hybridized carbons (Fsp3) is 0.538. The number of amides is 2. The Morgan fingerprint density at radius 2 is 2.19 bits per heavy atom. The summed E-state index contributed by atoms with van der Waals surface area (Å²) in [5, 5.41) is 27.3. The molecule has 1 saturated carbocycles. The van der Waals surface area contributed by atoms with Crippen LogP contribution < -0.4 is 10.6 Å². The summed E-state index contributed by atoms with van der Waals surface area (Å²) in [6.07, 6.45) is 5.69.